The Labute approximate surface area is 245 Å². The average Bonchev–Trinajstić information content (AvgIpc) is 3.35. The Hall–Kier alpha value is -4.60. The van der Waals surface area contributed by atoms with Crippen LogP contribution < -0.4 is 10.1 Å². The maximum absolute atomic E-state index is 13.1. The number of carbonyl (C=O) groups excluding carboxylic acids is 2. The van der Waals surface area contributed by atoms with Gasteiger partial charge >= 0.3 is 12.2 Å². The maximum Gasteiger partial charge on any atom is 0.412 e. The molecule has 3 aromatic rings. The zero-order valence-corrected chi connectivity index (χ0v) is 24.6. The summed E-state index contributed by atoms with van der Waals surface area (Å²) in [7, 11) is 0. The van der Waals surface area contributed by atoms with E-state index in [-0.39, 0.29) is 35.2 Å². The van der Waals surface area contributed by atoms with E-state index in [0.29, 0.717) is 18.9 Å². The van der Waals surface area contributed by atoms with Gasteiger partial charge in [0.1, 0.15) is 22.8 Å². The first-order valence-electron chi connectivity index (χ1n) is 13.9. The van der Waals surface area contributed by atoms with Gasteiger partial charge in [-0.15, -0.1) is 0 Å². The van der Waals surface area contributed by atoms with Crippen LogP contribution in [0.2, 0.25) is 0 Å². The largest absolute Gasteiger partial charge is 0.457 e. The Kier molecular flexibility index (Phi) is 9.35. The zero-order valence-electron chi connectivity index (χ0n) is 24.6. The molecule has 222 valence electrons. The maximum atomic E-state index is 13.1. The minimum absolute atomic E-state index is 0.00421. The van der Waals surface area contributed by atoms with Crippen LogP contribution in [0.5, 0.6) is 11.5 Å². The van der Waals surface area contributed by atoms with Gasteiger partial charge in [0.15, 0.2) is 0 Å². The topological polar surface area (TPSA) is 120 Å². The molecule has 10 heteroatoms. The summed E-state index contributed by atoms with van der Waals surface area (Å²) in [4.78, 5) is 38.1. The number of hydrogen-bond acceptors (Lipinski definition) is 7. The van der Waals surface area contributed by atoms with Crippen molar-refractivity contribution in [1.29, 1.82) is 0 Å². The molecular formula is C32H37N3O7. The van der Waals surface area contributed by atoms with Gasteiger partial charge < -0.3 is 19.1 Å². The van der Waals surface area contributed by atoms with Crippen LogP contribution in [0.4, 0.5) is 21.0 Å². The van der Waals surface area contributed by atoms with Gasteiger partial charge in [-0.3, -0.25) is 15.4 Å². The van der Waals surface area contributed by atoms with Gasteiger partial charge in [0, 0.05) is 12.6 Å². The summed E-state index contributed by atoms with van der Waals surface area (Å²) in [6.07, 6.45) is 0.407. The fourth-order valence-electron chi connectivity index (χ4n) is 4.66. The summed E-state index contributed by atoms with van der Waals surface area (Å²) in [5, 5.41) is 14.1. The van der Waals surface area contributed by atoms with Gasteiger partial charge in [-0.2, -0.15) is 0 Å². The highest BCUT2D eigenvalue weighted by Gasteiger charge is 2.31. The first-order valence-corrected chi connectivity index (χ1v) is 13.9. The van der Waals surface area contributed by atoms with Crippen molar-refractivity contribution in [1.82, 2.24) is 4.90 Å². The summed E-state index contributed by atoms with van der Waals surface area (Å²) in [5.74, 6) is 0.917. The lowest BCUT2D eigenvalue weighted by molar-refractivity contribution is -0.384. The Bertz CT molecular complexity index is 1410. The predicted octanol–water partition coefficient (Wildman–Crippen LogP) is 7.50. The Morgan fingerprint density at radius 1 is 1.00 bits per heavy atom. The van der Waals surface area contributed by atoms with Crippen molar-refractivity contribution in [3.63, 3.8) is 0 Å². The molecule has 0 heterocycles. The summed E-state index contributed by atoms with van der Waals surface area (Å²) in [6.45, 7) is 9.82. The van der Waals surface area contributed by atoms with Crippen molar-refractivity contribution >= 4 is 23.6 Å². The monoisotopic (exact) mass is 575 g/mol. The van der Waals surface area contributed by atoms with E-state index in [0.717, 1.165) is 18.4 Å². The van der Waals surface area contributed by atoms with Crippen LogP contribution in [0.1, 0.15) is 51.3 Å². The number of rotatable bonds is 9. The second kappa shape index (κ2) is 12.9. The van der Waals surface area contributed by atoms with Crippen molar-refractivity contribution < 1.29 is 28.7 Å². The van der Waals surface area contributed by atoms with Crippen LogP contribution in [0.3, 0.4) is 0 Å². The zero-order chi connectivity index (χ0) is 30.4. The van der Waals surface area contributed by atoms with Crippen LogP contribution in [-0.2, 0) is 28.9 Å². The molecule has 0 fully saturated rings. The summed E-state index contributed by atoms with van der Waals surface area (Å²) in [6, 6.07) is 19.6. The predicted molar refractivity (Wildman–Crippen MR) is 159 cm³/mol. The quantitative estimate of drug-likeness (QED) is 0.207. The van der Waals surface area contributed by atoms with E-state index < -0.39 is 16.6 Å². The number of ether oxygens (including phenoxy) is 3. The molecule has 1 aliphatic carbocycles. The number of amides is 2. The lowest BCUT2D eigenvalue weighted by Gasteiger charge is -2.28. The third-order valence-corrected chi connectivity index (χ3v) is 6.56. The Balaban J connectivity index is 1.45. The van der Waals surface area contributed by atoms with Crippen LogP contribution in [0.15, 0.2) is 66.7 Å². The van der Waals surface area contributed by atoms with Crippen LogP contribution >= 0.6 is 0 Å². The number of carbonyl (C=O) groups is 2. The fraction of sp³-hybridized carbons (Fsp3) is 0.375. The lowest BCUT2D eigenvalue weighted by Crippen LogP contribution is -2.41. The molecule has 0 saturated carbocycles. The lowest BCUT2D eigenvalue weighted by atomic mass is 10.1. The van der Waals surface area contributed by atoms with E-state index >= 15 is 0 Å². The van der Waals surface area contributed by atoms with Crippen LogP contribution in [0.25, 0.3) is 0 Å². The molecular weight excluding hydrogens is 538 g/mol. The molecule has 0 saturated heterocycles. The Morgan fingerprint density at radius 2 is 1.62 bits per heavy atom. The molecule has 0 unspecified atom stereocenters. The fourth-order valence-corrected chi connectivity index (χ4v) is 4.66. The standard InChI is InChI=1S/C32H37N3O7/c1-21(2)20-40-31(37)34(25-16-23-8-6-7-9-24(23)17-25)19-22-10-12-26(13-11-22)41-27-14-15-28(29(18-27)35(38)39)33-30(36)42-32(3,4)5/h6-15,18,21,25H,16-17,19-20H2,1-5H3,(H,33,36). The molecule has 2 amide bonds. The van der Waals surface area contributed by atoms with Crippen LogP contribution in [-0.4, -0.2) is 40.3 Å². The first kappa shape index (κ1) is 30.4. The number of fused-ring (bicyclic) bond motifs is 1. The molecule has 1 aliphatic rings. The van der Waals surface area contributed by atoms with E-state index in [1.165, 1.54) is 29.3 Å². The van der Waals surface area contributed by atoms with Gasteiger partial charge in [0.05, 0.1) is 17.6 Å². The number of benzene rings is 3. The molecule has 0 bridgehead atoms. The van der Waals surface area contributed by atoms with Crippen molar-refractivity contribution in [2.24, 2.45) is 5.92 Å². The molecule has 0 radical (unpaired) electrons. The minimum Gasteiger partial charge on any atom is -0.457 e. The first-order chi connectivity index (χ1) is 19.9. The van der Waals surface area contributed by atoms with Crippen molar-refractivity contribution in [3.8, 4) is 11.5 Å². The summed E-state index contributed by atoms with van der Waals surface area (Å²) >= 11 is 0. The SMILES string of the molecule is CC(C)COC(=O)N(Cc1ccc(Oc2ccc(NC(=O)OC(C)(C)C)c([N+](=O)[O-])c2)cc1)C1Cc2ccccc2C1. The van der Waals surface area contributed by atoms with Crippen LogP contribution in [0, 0.1) is 16.0 Å². The molecule has 0 aromatic heterocycles. The van der Waals surface area contributed by atoms with Gasteiger partial charge in [0.2, 0.25) is 0 Å². The second-order valence-electron chi connectivity index (χ2n) is 11.7. The smallest absolute Gasteiger partial charge is 0.412 e. The molecule has 10 nitrogen and oxygen atoms in total. The number of anilines is 1. The minimum atomic E-state index is -0.793. The number of nitrogens with zero attached hydrogens (tertiary/aromatic N) is 2. The van der Waals surface area contributed by atoms with E-state index in [2.05, 4.69) is 17.4 Å². The van der Waals surface area contributed by atoms with E-state index in [4.69, 9.17) is 14.2 Å². The number of nitrogens with one attached hydrogen (secondary N) is 1. The number of hydrogen-bond donors (Lipinski definition) is 1. The molecule has 4 rings (SSSR count). The summed E-state index contributed by atoms with van der Waals surface area (Å²) < 4.78 is 16.7. The second-order valence-corrected chi connectivity index (χ2v) is 11.7. The van der Waals surface area contributed by atoms with E-state index in [1.54, 1.807) is 37.8 Å². The average molecular weight is 576 g/mol. The third kappa shape index (κ3) is 8.22. The number of nitro groups is 1. The van der Waals surface area contributed by atoms with Crippen molar-refractivity contribution in [2.45, 2.75) is 65.6 Å². The number of nitro benzene ring substituents is 1. The van der Waals surface area contributed by atoms with Crippen molar-refractivity contribution in [2.75, 3.05) is 11.9 Å². The third-order valence-electron chi connectivity index (χ3n) is 6.56. The highest BCUT2D eigenvalue weighted by atomic mass is 16.6. The van der Waals surface area contributed by atoms with Gasteiger partial charge in [-0.1, -0.05) is 50.2 Å². The highest BCUT2D eigenvalue weighted by Crippen LogP contribution is 2.33. The van der Waals surface area contributed by atoms with E-state index in [9.17, 15) is 19.7 Å². The van der Waals surface area contributed by atoms with E-state index in [1.807, 2.05) is 38.1 Å². The van der Waals surface area contributed by atoms with Crippen molar-refractivity contribution in [3.05, 3.63) is 93.5 Å². The molecule has 0 spiro atoms. The molecule has 1 N–H and O–H groups in total. The normalized spacial score (nSPS) is 12.9. The molecule has 42 heavy (non-hydrogen) atoms. The highest BCUT2D eigenvalue weighted by molar-refractivity contribution is 5.88. The van der Waals surface area contributed by atoms with Gasteiger partial charge in [-0.05, 0) is 80.5 Å². The van der Waals surface area contributed by atoms with Gasteiger partial charge in [0.25, 0.3) is 5.69 Å². The molecule has 0 atom stereocenters. The summed E-state index contributed by atoms with van der Waals surface area (Å²) in [5.41, 5.74) is 2.30. The van der Waals surface area contributed by atoms with Gasteiger partial charge in [-0.25, -0.2) is 9.59 Å². The Morgan fingerprint density at radius 3 is 2.19 bits per heavy atom. The molecule has 3 aromatic carbocycles. The molecule has 0 aliphatic heterocycles.